The van der Waals surface area contributed by atoms with Crippen LogP contribution < -0.4 is 10.9 Å². The second kappa shape index (κ2) is 8.82. The van der Waals surface area contributed by atoms with E-state index in [2.05, 4.69) is 31.3 Å². The summed E-state index contributed by atoms with van der Waals surface area (Å²) in [6, 6.07) is 13.0. The second-order valence-corrected chi connectivity index (χ2v) is 8.87. The minimum Gasteiger partial charge on any atom is -0.360 e. The van der Waals surface area contributed by atoms with Gasteiger partial charge in [0.2, 0.25) is 0 Å². The first-order valence-electron chi connectivity index (χ1n) is 11.9. The lowest BCUT2D eigenvalue weighted by molar-refractivity contribution is 0.579. The van der Waals surface area contributed by atoms with Gasteiger partial charge in [-0.2, -0.15) is 5.26 Å². The first-order chi connectivity index (χ1) is 17.7. The average Bonchev–Trinajstić information content (AvgIpc) is 3.76. The van der Waals surface area contributed by atoms with Gasteiger partial charge in [-0.3, -0.25) is 9.36 Å². The third-order valence-electron chi connectivity index (χ3n) is 6.54. The number of nitriles is 1. The monoisotopic (exact) mass is 474 g/mol. The Kier molecular flexibility index (Phi) is 5.34. The van der Waals surface area contributed by atoms with Crippen molar-refractivity contribution in [2.75, 3.05) is 5.32 Å². The summed E-state index contributed by atoms with van der Waals surface area (Å²) in [4.78, 5) is 36.1. The lowest BCUT2D eigenvalue weighted by atomic mass is 10.0. The van der Waals surface area contributed by atoms with Gasteiger partial charge in [-0.25, -0.2) is 24.9 Å². The summed E-state index contributed by atoms with van der Waals surface area (Å²) in [5.74, 6) is 1.29. The van der Waals surface area contributed by atoms with E-state index >= 15 is 0 Å². The molecule has 0 aliphatic heterocycles. The number of benzene rings is 2. The zero-order valence-electron chi connectivity index (χ0n) is 19.6. The number of hydrogen-bond acceptors (Lipinski definition) is 8. The van der Waals surface area contributed by atoms with Gasteiger partial charge in [0, 0.05) is 29.4 Å². The Hall–Kier alpha value is -4.71. The van der Waals surface area contributed by atoms with E-state index in [9.17, 15) is 10.1 Å². The van der Waals surface area contributed by atoms with Gasteiger partial charge >= 0.3 is 0 Å². The zero-order valence-corrected chi connectivity index (χ0v) is 19.6. The number of hydrogen-bond donors (Lipinski definition) is 1. The summed E-state index contributed by atoms with van der Waals surface area (Å²) in [7, 11) is 0. The van der Waals surface area contributed by atoms with Crippen molar-refractivity contribution < 1.29 is 0 Å². The number of rotatable bonds is 6. The van der Waals surface area contributed by atoms with E-state index in [1.165, 1.54) is 12.7 Å². The molecule has 0 saturated heterocycles. The van der Waals surface area contributed by atoms with E-state index < -0.39 is 0 Å². The van der Waals surface area contributed by atoms with Crippen molar-refractivity contribution in [2.24, 2.45) is 0 Å². The summed E-state index contributed by atoms with van der Waals surface area (Å²) in [6.07, 6.45) is 8.96. The number of nitrogens with one attached hydrogen (secondary N) is 1. The van der Waals surface area contributed by atoms with E-state index in [1.807, 2.05) is 35.8 Å². The Balaban J connectivity index is 1.52. The van der Waals surface area contributed by atoms with Crippen LogP contribution in [0.25, 0.3) is 32.9 Å². The highest BCUT2D eigenvalue weighted by molar-refractivity contribution is 5.94. The van der Waals surface area contributed by atoms with Crippen LogP contribution in [-0.4, -0.2) is 29.5 Å². The number of anilines is 1. The van der Waals surface area contributed by atoms with Crippen LogP contribution in [0, 0.1) is 11.3 Å². The maximum absolute atomic E-state index is 14.0. The topological polar surface area (TPSA) is 122 Å². The highest BCUT2D eigenvalue weighted by Crippen LogP contribution is 2.38. The quantitative estimate of drug-likeness (QED) is 0.380. The molecule has 5 aromatic rings. The van der Waals surface area contributed by atoms with Gasteiger partial charge in [0.1, 0.15) is 24.3 Å². The lowest BCUT2D eigenvalue weighted by Crippen LogP contribution is -2.29. The molecule has 0 spiro atoms. The maximum Gasteiger partial charge on any atom is 0.262 e. The van der Waals surface area contributed by atoms with Crippen LogP contribution in [0.1, 0.15) is 49.7 Å². The fourth-order valence-electron chi connectivity index (χ4n) is 4.63. The molecule has 1 N–H and O–H groups in total. The fraction of sp³-hybridized carbons (Fsp3) is 0.222. The van der Waals surface area contributed by atoms with E-state index in [0.717, 1.165) is 34.9 Å². The number of fused-ring (bicyclic) bond motifs is 2. The van der Waals surface area contributed by atoms with E-state index in [-0.39, 0.29) is 17.6 Å². The third-order valence-corrected chi connectivity index (χ3v) is 6.54. The van der Waals surface area contributed by atoms with Crippen molar-refractivity contribution >= 4 is 27.6 Å². The van der Waals surface area contributed by atoms with E-state index in [1.54, 1.807) is 24.5 Å². The number of aromatic nitrogens is 6. The van der Waals surface area contributed by atoms with Crippen LogP contribution in [0.3, 0.4) is 0 Å². The van der Waals surface area contributed by atoms with Crippen molar-refractivity contribution in [2.45, 2.75) is 38.3 Å². The average molecular weight is 475 g/mol. The van der Waals surface area contributed by atoms with Crippen molar-refractivity contribution in [1.82, 2.24) is 29.5 Å². The molecule has 1 saturated carbocycles. The van der Waals surface area contributed by atoms with Gasteiger partial charge in [0.15, 0.2) is 0 Å². The van der Waals surface area contributed by atoms with Gasteiger partial charge in [-0.1, -0.05) is 19.1 Å². The van der Waals surface area contributed by atoms with Gasteiger partial charge in [0.05, 0.1) is 34.1 Å². The Bertz CT molecular complexity index is 1700. The molecule has 2 aromatic carbocycles. The smallest absolute Gasteiger partial charge is 0.262 e. The first kappa shape index (κ1) is 21.8. The van der Waals surface area contributed by atoms with Crippen molar-refractivity contribution in [3.63, 3.8) is 0 Å². The third kappa shape index (κ3) is 3.73. The predicted molar refractivity (Wildman–Crippen MR) is 136 cm³/mol. The van der Waals surface area contributed by atoms with Crippen molar-refractivity contribution in [3.8, 4) is 17.2 Å². The fourth-order valence-corrected chi connectivity index (χ4v) is 4.63. The largest absolute Gasteiger partial charge is 0.360 e. The molecule has 9 nitrogen and oxygen atoms in total. The molecule has 176 valence electrons. The van der Waals surface area contributed by atoms with Gasteiger partial charge in [-0.15, -0.1) is 0 Å². The number of nitrogens with zero attached hydrogens (tertiary/aromatic N) is 7. The SMILES string of the molecule is CC[C@H](Nc1ncnc2ccc(C#N)cc12)c1nc2cccc(-c3cncnc3)c2c(=O)n1C1CC1. The molecule has 0 unspecified atom stereocenters. The zero-order chi connectivity index (χ0) is 24.6. The van der Waals surface area contributed by atoms with E-state index in [4.69, 9.17) is 4.98 Å². The van der Waals surface area contributed by atoms with Gasteiger partial charge in [0.25, 0.3) is 5.56 Å². The van der Waals surface area contributed by atoms with Gasteiger partial charge < -0.3 is 5.32 Å². The summed E-state index contributed by atoms with van der Waals surface area (Å²) < 4.78 is 1.85. The van der Waals surface area contributed by atoms with Crippen LogP contribution in [0.4, 0.5) is 5.82 Å². The molecule has 9 heteroatoms. The van der Waals surface area contributed by atoms with Crippen LogP contribution in [0.5, 0.6) is 0 Å². The molecule has 36 heavy (non-hydrogen) atoms. The molecule has 0 amide bonds. The highest BCUT2D eigenvalue weighted by Gasteiger charge is 2.31. The summed E-state index contributed by atoms with van der Waals surface area (Å²) in [5, 5.41) is 14.2. The highest BCUT2D eigenvalue weighted by atomic mass is 16.1. The standard InChI is InChI=1S/C27H22N8O/c1-2-21(33-25-20-10-16(11-28)6-9-22(20)31-15-32-25)26-34-23-5-3-4-19(17-12-29-14-30-13-17)24(23)27(36)35(26)18-7-8-18/h3-6,9-10,12-15,18,21H,2,7-8H2,1H3,(H,31,32,33)/t21-/m0/s1. The molecule has 0 bridgehead atoms. The molecular weight excluding hydrogens is 452 g/mol. The van der Waals surface area contributed by atoms with E-state index in [0.29, 0.717) is 34.5 Å². The Morgan fingerprint density at radius 1 is 1.11 bits per heavy atom. The van der Waals surface area contributed by atoms with Crippen molar-refractivity contribution in [3.05, 3.63) is 83.2 Å². The normalized spacial score (nSPS) is 14.0. The van der Waals surface area contributed by atoms with Crippen molar-refractivity contribution in [1.29, 1.82) is 5.26 Å². The molecular formula is C27H22N8O. The Labute approximate surface area is 206 Å². The summed E-state index contributed by atoms with van der Waals surface area (Å²) in [6.45, 7) is 2.05. The molecule has 6 rings (SSSR count). The minimum absolute atomic E-state index is 0.0588. The second-order valence-electron chi connectivity index (χ2n) is 8.87. The van der Waals surface area contributed by atoms with Gasteiger partial charge in [-0.05, 0) is 49.1 Å². The molecule has 0 radical (unpaired) electrons. The predicted octanol–water partition coefficient (Wildman–Crippen LogP) is 4.57. The molecule has 1 atom stereocenters. The Morgan fingerprint density at radius 3 is 2.69 bits per heavy atom. The maximum atomic E-state index is 14.0. The summed E-state index contributed by atoms with van der Waals surface area (Å²) >= 11 is 0. The molecule has 1 aliphatic rings. The Morgan fingerprint density at radius 2 is 1.94 bits per heavy atom. The van der Waals surface area contributed by atoms with Crippen LogP contribution in [0.15, 0.2) is 66.2 Å². The van der Waals surface area contributed by atoms with Crippen LogP contribution in [0.2, 0.25) is 0 Å². The minimum atomic E-state index is -0.268. The molecule has 3 aromatic heterocycles. The lowest BCUT2D eigenvalue weighted by Gasteiger charge is -2.23. The first-order valence-corrected chi connectivity index (χ1v) is 11.9. The molecule has 1 fully saturated rings. The molecule has 3 heterocycles. The van der Waals surface area contributed by atoms with Crippen LogP contribution >= 0.6 is 0 Å². The molecule has 1 aliphatic carbocycles. The summed E-state index contributed by atoms with van der Waals surface area (Å²) in [5.41, 5.74) is 3.40. The van der Waals surface area contributed by atoms with Crippen LogP contribution in [-0.2, 0) is 0 Å².